The quantitative estimate of drug-likeness (QED) is 0.793. The van der Waals surface area contributed by atoms with Crippen LogP contribution in [-0.4, -0.2) is 22.7 Å². The van der Waals surface area contributed by atoms with Crippen LogP contribution in [0.1, 0.15) is 29.3 Å². The van der Waals surface area contributed by atoms with E-state index < -0.39 is 0 Å². The Balaban J connectivity index is 2.32. The minimum absolute atomic E-state index is 0.0771. The van der Waals surface area contributed by atoms with Crippen molar-refractivity contribution >= 4 is 21.7 Å². The number of halogens is 1. The summed E-state index contributed by atoms with van der Waals surface area (Å²) in [5, 5.41) is 4.17. The first-order chi connectivity index (χ1) is 9.15. The van der Waals surface area contributed by atoms with Crippen molar-refractivity contribution in [2.24, 2.45) is 0 Å². The maximum atomic E-state index is 12.4. The lowest BCUT2D eigenvalue weighted by molar-refractivity contribution is 0.103. The van der Waals surface area contributed by atoms with Crippen molar-refractivity contribution < 1.29 is 9.53 Å². The van der Waals surface area contributed by atoms with Gasteiger partial charge >= 0.3 is 0 Å². The molecule has 0 aliphatic carbocycles. The molecule has 0 bridgehead atoms. The Bertz CT molecular complexity index is 593. The number of carbonyl (C=O) groups excluding carboxylic acids is 1. The van der Waals surface area contributed by atoms with Crippen LogP contribution in [0.2, 0.25) is 0 Å². The van der Waals surface area contributed by atoms with E-state index in [0.717, 1.165) is 17.4 Å². The van der Waals surface area contributed by atoms with Crippen LogP contribution in [0.4, 0.5) is 0 Å². The predicted octanol–water partition coefficient (Wildman–Crippen LogP) is 3.30. The van der Waals surface area contributed by atoms with E-state index in [9.17, 15) is 4.79 Å². The van der Waals surface area contributed by atoms with Crippen molar-refractivity contribution in [3.63, 3.8) is 0 Å². The van der Waals surface area contributed by atoms with Crippen LogP contribution in [0.3, 0.4) is 0 Å². The van der Waals surface area contributed by atoms with Gasteiger partial charge in [0.05, 0.1) is 24.4 Å². The van der Waals surface area contributed by atoms with Crippen molar-refractivity contribution in [2.45, 2.75) is 19.9 Å². The van der Waals surface area contributed by atoms with E-state index in [0.29, 0.717) is 16.9 Å². The fraction of sp³-hybridized carbons (Fsp3) is 0.286. The van der Waals surface area contributed by atoms with E-state index in [1.807, 2.05) is 6.07 Å². The summed E-state index contributed by atoms with van der Waals surface area (Å²) in [6.45, 7) is 2.88. The Hall–Kier alpha value is -1.62. The first-order valence-electron chi connectivity index (χ1n) is 6.06. The highest BCUT2D eigenvalue weighted by molar-refractivity contribution is 9.10. The van der Waals surface area contributed by atoms with E-state index in [1.54, 1.807) is 36.3 Å². The topological polar surface area (TPSA) is 44.1 Å². The minimum atomic E-state index is -0.0771. The molecule has 0 aliphatic rings. The molecule has 19 heavy (non-hydrogen) atoms. The van der Waals surface area contributed by atoms with Gasteiger partial charge in [-0.2, -0.15) is 5.10 Å². The number of nitrogens with zero attached hydrogens (tertiary/aromatic N) is 2. The second-order valence-electron chi connectivity index (χ2n) is 4.17. The first kappa shape index (κ1) is 13.8. The van der Waals surface area contributed by atoms with Crippen LogP contribution in [0, 0.1) is 0 Å². The highest BCUT2D eigenvalue weighted by Gasteiger charge is 2.16. The molecule has 1 heterocycles. The molecule has 0 fully saturated rings. The number of aromatic nitrogens is 2. The summed E-state index contributed by atoms with van der Waals surface area (Å²) in [7, 11) is 1.55. The van der Waals surface area contributed by atoms with Gasteiger partial charge in [0.15, 0.2) is 5.78 Å². The van der Waals surface area contributed by atoms with Gasteiger partial charge in [-0.1, -0.05) is 22.9 Å². The number of ketones is 1. The Morgan fingerprint density at radius 3 is 2.95 bits per heavy atom. The van der Waals surface area contributed by atoms with Gasteiger partial charge in [0.2, 0.25) is 0 Å². The lowest BCUT2D eigenvalue weighted by Gasteiger charge is -2.06. The highest BCUT2D eigenvalue weighted by Crippen LogP contribution is 2.25. The van der Waals surface area contributed by atoms with E-state index in [-0.39, 0.29) is 5.78 Å². The summed E-state index contributed by atoms with van der Waals surface area (Å²) in [5.41, 5.74) is 1.12. The molecule has 1 aromatic heterocycles. The van der Waals surface area contributed by atoms with Crippen LogP contribution in [0.25, 0.3) is 0 Å². The zero-order chi connectivity index (χ0) is 13.8. The van der Waals surface area contributed by atoms with Crippen LogP contribution < -0.4 is 4.74 Å². The van der Waals surface area contributed by atoms with Crippen molar-refractivity contribution in [3.05, 3.63) is 46.2 Å². The lowest BCUT2D eigenvalue weighted by atomic mass is 10.1. The number of carbonyl (C=O) groups is 1. The molecule has 5 heteroatoms. The normalized spacial score (nSPS) is 10.5. The fourth-order valence-corrected chi connectivity index (χ4v) is 2.18. The third-order valence-corrected chi connectivity index (χ3v) is 3.25. The molecule has 4 nitrogen and oxygen atoms in total. The summed E-state index contributed by atoms with van der Waals surface area (Å²) in [5.74, 6) is 0.481. The molecule has 0 saturated carbocycles. The molecule has 2 aromatic rings. The summed E-state index contributed by atoms with van der Waals surface area (Å²) >= 11 is 3.36. The van der Waals surface area contributed by atoms with Crippen LogP contribution in [-0.2, 0) is 6.54 Å². The van der Waals surface area contributed by atoms with Crippen LogP contribution in [0.5, 0.6) is 5.75 Å². The van der Waals surface area contributed by atoms with E-state index in [2.05, 4.69) is 28.0 Å². The molecular formula is C14H15BrN2O2. The average Bonchev–Trinajstić information content (AvgIpc) is 2.87. The lowest BCUT2D eigenvalue weighted by Crippen LogP contribution is -2.03. The second-order valence-corrected chi connectivity index (χ2v) is 5.08. The van der Waals surface area contributed by atoms with Crippen molar-refractivity contribution in [3.8, 4) is 5.75 Å². The third-order valence-electron chi connectivity index (χ3n) is 2.76. The highest BCUT2D eigenvalue weighted by atomic mass is 79.9. The Morgan fingerprint density at radius 1 is 1.47 bits per heavy atom. The smallest absolute Gasteiger partial charge is 0.199 e. The molecule has 0 aliphatic heterocycles. The molecule has 0 N–H and O–H groups in total. The molecule has 100 valence electrons. The Kier molecular flexibility index (Phi) is 4.37. The van der Waals surface area contributed by atoms with Crippen molar-refractivity contribution in [1.82, 2.24) is 9.78 Å². The number of ether oxygens (including phenoxy) is 1. The number of benzene rings is 1. The van der Waals surface area contributed by atoms with E-state index >= 15 is 0 Å². The molecule has 0 spiro atoms. The molecule has 0 amide bonds. The van der Waals surface area contributed by atoms with E-state index in [4.69, 9.17) is 4.74 Å². The van der Waals surface area contributed by atoms with Gasteiger partial charge in [0, 0.05) is 17.2 Å². The number of aryl methyl sites for hydroxylation is 1. The SMILES string of the molecule is CCCn1cc(C(=O)c2ccc(Br)cc2OC)cn1. The van der Waals surface area contributed by atoms with Crippen molar-refractivity contribution in [1.29, 1.82) is 0 Å². The van der Waals surface area contributed by atoms with Gasteiger partial charge in [0.25, 0.3) is 0 Å². The van der Waals surface area contributed by atoms with Gasteiger partial charge in [-0.05, 0) is 24.6 Å². The number of rotatable bonds is 5. The zero-order valence-corrected chi connectivity index (χ0v) is 12.5. The van der Waals surface area contributed by atoms with Gasteiger partial charge < -0.3 is 4.74 Å². The summed E-state index contributed by atoms with van der Waals surface area (Å²) < 4.78 is 7.90. The Labute approximate surface area is 120 Å². The van der Waals surface area contributed by atoms with Crippen LogP contribution >= 0.6 is 15.9 Å². The Morgan fingerprint density at radius 2 is 2.26 bits per heavy atom. The number of hydrogen-bond donors (Lipinski definition) is 0. The molecule has 1 aromatic carbocycles. The fourth-order valence-electron chi connectivity index (χ4n) is 1.84. The number of methoxy groups -OCH3 is 1. The van der Waals surface area contributed by atoms with Gasteiger partial charge in [-0.15, -0.1) is 0 Å². The largest absolute Gasteiger partial charge is 0.496 e. The molecule has 0 atom stereocenters. The molecular weight excluding hydrogens is 308 g/mol. The zero-order valence-electron chi connectivity index (χ0n) is 10.9. The predicted molar refractivity (Wildman–Crippen MR) is 76.6 cm³/mol. The molecule has 2 rings (SSSR count). The number of hydrogen-bond acceptors (Lipinski definition) is 3. The standard InChI is InChI=1S/C14H15BrN2O2/c1-3-6-17-9-10(8-16-17)14(18)12-5-4-11(15)7-13(12)19-2/h4-5,7-9H,3,6H2,1-2H3. The van der Waals surface area contributed by atoms with Gasteiger partial charge in [-0.3, -0.25) is 9.48 Å². The summed E-state index contributed by atoms with van der Waals surface area (Å²) in [6.07, 6.45) is 4.35. The van der Waals surface area contributed by atoms with Gasteiger partial charge in [-0.25, -0.2) is 0 Å². The van der Waals surface area contributed by atoms with E-state index in [1.165, 1.54) is 0 Å². The molecule has 0 radical (unpaired) electrons. The maximum Gasteiger partial charge on any atom is 0.199 e. The third kappa shape index (κ3) is 3.04. The van der Waals surface area contributed by atoms with Crippen molar-refractivity contribution in [2.75, 3.05) is 7.11 Å². The average molecular weight is 323 g/mol. The molecule has 0 saturated heterocycles. The minimum Gasteiger partial charge on any atom is -0.496 e. The monoisotopic (exact) mass is 322 g/mol. The molecule has 0 unspecified atom stereocenters. The first-order valence-corrected chi connectivity index (χ1v) is 6.85. The second kappa shape index (κ2) is 6.02. The maximum absolute atomic E-state index is 12.4. The summed E-state index contributed by atoms with van der Waals surface area (Å²) in [6, 6.07) is 5.36. The van der Waals surface area contributed by atoms with Gasteiger partial charge in [0.1, 0.15) is 5.75 Å². The van der Waals surface area contributed by atoms with Crippen LogP contribution in [0.15, 0.2) is 35.1 Å². The summed E-state index contributed by atoms with van der Waals surface area (Å²) in [4.78, 5) is 12.4.